The van der Waals surface area contributed by atoms with E-state index in [1.54, 1.807) is 0 Å². The highest BCUT2D eigenvalue weighted by molar-refractivity contribution is 5.89. The zero-order valence-electron chi connectivity index (χ0n) is 34.3. The third kappa shape index (κ3) is 10.3. The molecule has 5 aromatic carbocycles. The predicted molar refractivity (Wildman–Crippen MR) is 227 cm³/mol. The van der Waals surface area contributed by atoms with Crippen LogP contribution >= 0.6 is 0 Å². The number of nitrogens with zero attached hydrogens (tertiary/aromatic N) is 1. The van der Waals surface area contributed by atoms with Crippen LogP contribution in [0.3, 0.4) is 0 Å². The third-order valence-corrected chi connectivity index (χ3v) is 11.7. The molecule has 9 atom stereocenters. The van der Waals surface area contributed by atoms with Gasteiger partial charge in [0.2, 0.25) is 0 Å². The molecule has 11 nitrogen and oxygen atoms in total. The van der Waals surface area contributed by atoms with Crippen LogP contribution in [0.4, 0.5) is 5.69 Å². The fraction of sp³-hybridized carbons (Fsp3) is 0.340. The molecular weight excluding hydrogens is 775 g/mol. The minimum absolute atomic E-state index is 0.124. The minimum Gasteiger partial charge on any atom is -0.454 e. The highest BCUT2D eigenvalue weighted by Crippen LogP contribution is 2.50. The third-order valence-electron chi connectivity index (χ3n) is 11.7. The maximum atomic E-state index is 14.0. The van der Waals surface area contributed by atoms with Crippen LogP contribution in [0.2, 0.25) is 0 Å². The molecule has 0 bridgehead atoms. The highest BCUT2D eigenvalue weighted by atomic mass is 16.7. The summed E-state index contributed by atoms with van der Waals surface area (Å²) >= 11 is 0. The van der Waals surface area contributed by atoms with Crippen LogP contribution in [-0.4, -0.2) is 59.9 Å². The van der Waals surface area contributed by atoms with Gasteiger partial charge in [-0.1, -0.05) is 127 Å². The Morgan fingerprint density at radius 1 is 0.607 bits per heavy atom. The zero-order chi connectivity index (χ0) is 42.2. The van der Waals surface area contributed by atoms with Crippen molar-refractivity contribution < 1.29 is 42.9 Å². The molecule has 5 aromatic rings. The largest absolute Gasteiger partial charge is 0.454 e. The number of benzene rings is 5. The van der Waals surface area contributed by atoms with Crippen molar-refractivity contribution in [2.75, 3.05) is 6.61 Å². The zero-order valence-corrected chi connectivity index (χ0v) is 34.3. The number of hydrogen-bond acceptors (Lipinski definition) is 10. The molecule has 0 unspecified atom stereocenters. The number of hydrogen-bond donors (Lipinski definition) is 0. The lowest BCUT2D eigenvalue weighted by Gasteiger charge is -2.54. The Kier molecular flexibility index (Phi) is 13.5. The normalized spacial score (nSPS) is 26.6. The van der Waals surface area contributed by atoms with Crippen molar-refractivity contribution in [3.05, 3.63) is 196 Å². The number of nitro benzene ring substituents is 1. The first-order valence-electron chi connectivity index (χ1n) is 20.8. The summed E-state index contributed by atoms with van der Waals surface area (Å²) in [5.74, 6) is -2.78. The van der Waals surface area contributed by atoms with Crippen LogP contribution in [0.25, 0.3) is 0 Å². The molecule has 61 heavy (non-hydrogen) atoms. The lowest BCUT2D eigenvalue weighted by atomic mass is 9.61. The lowest BCUT2D eigenvalue weighted by molar-refractivity contribution is -0.384. The smallest absolute Gasteiger partial charge is 0.338 e. The molecule has 3 aliphatic rings. The molecular formula is C50H51NO10. The molecule has 2 fully saturated rings. The molecule has 0 aromatic heterocycles. The van der Waals surface area contributed by atoms with Crippen molar-refractivity contribution in [3.63, 3.8) is 0 Å². The van der Waals surface area contributed by atoms with Gasteiger partial charge < -0.3 is 33.2 Å². The molecule has 1 heterocycles. The molecule has 0 spiro atoms. The van der Waals surface area contributed by atoms with E-state index in [0.717, 1.165) is 22.3 Å². The number of fused-ring (bicyclic) bond motifs is 1. The molecule has 0 amide bonds. The van der Waals surface area contributed by atoms with E-state index in [1.165, 1.54) is 24.3 Å². The number of carbonyl (C=O) groups is 1. The molecule has 0 N–H and O–H groups in total. The summed E-state index contributed by atoms with van der Waals surface area (Å²) in [5.41, 5.74) is 4.04. The fourth-order valence-corrected chi connectivity index (χ4v) is 8.80. The molecule has 11 heteroatoms. The second kappa shape index (κ2) is 19.5. The van der Waals surface area contributed by atoms with Gasteiger partial charge in [0.05, 0.1) is 61.8 Å². The van der Waals surface area contributed by atoms with E-state index in [9.17, 15) is 14.9 Å². The first-order chi connectivity index (χ1) is 29.7. The Morgan fingerprint density at radius 3 is 1.49 bits per heavy atom. The van der Waals surface area contributed by atoms with Crippen molar-refractivity contribution >= 4 is 11.7 Å². The lowest BCUT2D eigenvalue weighted by Crippen LogP contribution is -2.65. The molecule has 0 radical (unpaired) electrons. The van der Waals surface area contributed by atoms with Gasteiger partial charge in [-0.05, 0) is 54.3 Å². The topological polar surface area (TPSA) is 125 Å². The van der Waals surface area contributed by atoms with Gasteiger partial charge in [0, 0.05) is 29.9 Å². The number of nitro groups is 1. The summed E-state index contributed by atoms with van der Waals surface area (Å²) in [5, 5.41) is 11.4. The van der Waals surface area contributed by atoms with Crippen LogP contribution in [-0.2, 0) is 59.6 Å². The van der Waals surface area contributed by atoms with Gasteiger partial charge in [0.15, 0.2) is 5.79 Å². The van der Waals surface area contributed by atoms with Gasteiger partial charge >= 0.3 is 5.97 Å². The van der Waals surface area contributed by atoms with Crippen molar-refractivity contribution in [1.29, 1.82) is 0 Å². The van der Waals surface area contributed by atoms with E-state index in [0.29, 0.717) is 13.2 Å². The van der Waals surface area contributed by atoms with Gasteiger partial charge in [-0.2, -0.15) is 0 Å². The van der Waals surface area contributed by atoms with Gasteiger partial charge in [0.1, 0.15) is 18.3 Å². The second-order valence-corrected chi connectivity index (χ2v) is 16.2. The van der Waals surface area contributed by atoms with E-state index in [2.05, 4.69) is 6.08 Å². The number of esters is 1. The average Bonchev–Trinajstić information content (AvgIpc) is 3.66. The van der Waals surface area contributed by atoms with Crippen LogP contribution in [0, 0.1) is 27.9 Å². The van der Waals surface area contributed by atoms with Crippen LogP contribution < -0.4 is 0 Å². The van der Waals surface area contributed by atoms with Crippen molar-refractivity contribution in [3.8, 4) is 0 Å². The number of rotatable bonds is 16. The van der Waals surface area contributed by atoms with E-state index >= 15 is 0 Å². The maximum Gasteiger partial charge on any atom is 0.338 e. The standard InChI is InChI=1S/C50H51NO10/c1-50(2)59-33-42(61-50)44-41(60-49(52)38-23-25-39(26-24-38)51(53)54)28-27-40-43(44)46(56-30-35-17-9-4-10-18-35)48(58-32-37-21-13-6-14-22-37)47(57-31-36-19-11-5-12-20-36)45(40)55-29-34-15-7-3-8-16-34/h3-28,40-48H,29-33H2,1-2H3/t40-,41-,42+,43-,44+,45+,46+,47-,48-/m0/s1. The van der Waals surface area contributed by atoms with Crippen molar-refractivity contribution in [2.24, 2.45) is 17.8 Å². The Balaban J connectivity index is 1.23. The van der Waals surface area contributed by atoms with Gasteiger partial charge in [-0.3, -0.25) is 10.1 Å². The second-order valence-electron chi connectivity index (χ2n) is 16.2. The maximum absolute atomic E-state index is 14.0. The van der Waals surface area contributed by atoms with Crippen LogP contribution in [0.15, 0.2) is 158 Å². The van der Waals surface area contributed by atoms with E-state index in [1.807, 2.05) is 141 Å². The molecule has 1 saturated carbocycles. The van der Waals surface area contributed by atoms with Crippen LogP contribution in [0.1, 0.15) is 46.5 Å². The SMILES string of the molecule is CC1(C)OC[C@H]([C@@H]2[C@@H]3[C@H](C=C[C@@H]2OC(=O)c2ccc([N+](=O)[O-])cc2)[C@@H](OCc2ccccc2)[C@H](OCc2ccccc2)[C@@H](OCc2ccccc2)[C@@H]3OCc2ccccc2)O1. The van der Waals surface area contributed by atoms with E-state index < -0.39 is 65.1 Å². The first-order valence-corrected chi connectivity index (χ1v) is 20.8. The molecule has 1 saturated heterocycles. The van der Waals surface area contributed by atoms with Gasteiger partial charge in [0.25, 0.3) is 5.69 Å². The van der Waals surface area contributed by atoms with E-state index in [-0.39, 0.29) is 37.0 Å². The predicted octanol–water partition coefficient (Wildman–Crippen LogP) is 9.05. The Bertz CT molecular complexity index is 2200. The average molecular weight is 826 g/mol. The van der Waals surface area contributed by atoms with E-state index in [4.69, 9.17) is 33.2 Å². The number of carbonyl (C=O) groups excluding carboxylic acids is 1. The van der Waals surface area contributed by atoms with Crippen molar-refractivity contribution in [2.45, 2.75) is 82.7 Å². The summed E-state index contributed by atoms with van der Waals surface area (Å²) < 4.78 is 47.6. The Labute approximate surface area is 356 Å². The summed E-state index contributed by atoms with van der Waals surface area (Å²) in [6, 6.07) is 45.5. The van der Waals surface area contributed by atoms with Crippen molar-refractivity contribution in [1.82, 2.24) is 0 Å². The number of non-ortho nitro benzene ring substituents is 1. The number of ether oxygens (including phenoxy) is 7. The first kappa shape index (κ1) is 42.2. The fourth-order valence-electron chi connectivity index (χ4n) is 8.80. The highest BCUT2D eigenvalue weighted by Gasteiger charge is 2.60. The summed E-state index contributed by atoms with van der Waals surface area (Å²) in [6.07, 6.45) is 0.173. The Hall–Kier alpha value is -5.53. The minimum atomic E-state index is -0.906. The summed E-state index contributed by atoms with van der Waals surface area (Å²) in [7, 11) is 0. The summed E-state index contributed by atoms with van der Waals surface area (Å²) in [4.78, 5) is 24.9. The molecule has 8 rings (SSSR count). The quantitative estimate of drug-likeness (QED) is 0.0412. The van der Waals surface area contributed by atoms with Gasteiger partial charge in [-0.15, -0.1) is 0 Å². The van der Waals surface area contributed by atoms with Gasteiger partial charge in [-0.25, -0.2) is 4.79 Å². The molecule has 316 valence electrons. The monoisotopic (exact) mass is 825 g/mol. The molecule has 2 aliphatic carbocycles. The molecule has 1 aliphatic heterocycles. The van der Waals surface area contributed by atoms with Crippen LogP contribution in [0.5, 0.6) is 0 Å². The Morgan fingerprint density at radius 2 is 1.05 bits per heavy atom. The summed E-state index contributed by atoms with van der Waals surface area (Å²) in [6.45, 7) is 5.16.